The van der Waals surface area contributed by atoms with Crippen LogP contribution in [-0.2, 0) is 34.2 Å². The van der Waals surface area contributed by atoms with E-state index in [0.717, 1.165) is 17.4 Å². The molecule has 0 N–H and O–H groups in total. The fraction of sp³-hybridized carbons (Fsp3) is 0.355. The average molecular weight is 701 g/mol. The second kappa shape index (κ2) is 13.0. The minimum atomic E-state index is -3.88. The van der Waals surface area contributed by atoms with E-state index in [1.54, 1.807) is 42.1 Å². The van der Waals surface area contributed by atoms with E-state index in [1.165, 1.54) is 15.3 Å². The van der Waals surface area contributed by atoms with Crippen molar-refractivity contribution in [3.63, 3.8) is 0 Å². The molecule has 1 aromatic heterocycles. The van der Waals surface area contributed by atoms with E-state index in [-0.39, 0.29) is 53.9 Å². The number of aromatic nitrogens is 2. The summed E-state index contributed by atoms with van der Waals surface area (Å²) in [5, 5.41) is 4.80. The van der Waals surface area contributed by atoms with E-state index < -0.39 is 25.9 Å². The van der Waals surface area contributed by atoms with Crippen LogP contribution in [0.15, 0.2) is 70.6 Å². The Labute approximate surface area is 277 Å². The van der Waals surface area contributed by atoms with Gasteiger partial charge in [0.15, 0.2) is 9.84 Å². The van der Waals surface area contributed by atoms with Gasteiger partial charge in [-0.3, -0.25) is 14.5 Å². The number of sulfonamides is 1. The molecule has 0 saturated carbocycles. The first-order valence-corrected chi connectivity index (χ1v) is 19.4. The van der Waals surface area contributed by atoms with Gasteiger partial charge >= 0.3 is 5.97 Å². The fourth-order valence-electron chi connectivity index (χ4n) is 5.89. The number of rotatable bonds is 8. The molecule has 0 aliphatic carbocycles. The van der Waals surface area contributed by atoms with E-state index in [0.29, 0.717) is 45.3 Å². The third-order valence-corrected chi connectivity index (χ3v) is 13.2. The van der Waals surface area contributed by atoms with Crippen LogP contribution in [-0.4, -0.2) is 89.3 Å². The summed E-state index contributed by atoms with van der Waals surface area (Å²) in [6.07, 6.45) is 4.54. The van der Waals surface area contributed by atoms with Crippen LogP contribution in [0.1, 0.15) is 31.7 Å². The van der Waals surface area contributed by atoms with Crippen LogP contribution in [0, 0.1) is 5.92 Å². The van der Waals surface area contributed by atoms with Gasteiger partial charge in [0.2, 0.25) is 10.0 Å². The third kappa shape index (κ3) is 6.56. The molecule has 0 bridgehead atoms. The molecule has 3 saturated heterocycles. The molecule has 3 aliphatic heterocycles. The predicted octanol–water partition coefficient (Wildman–Crippen LogP) is 3.89. The molecule has 11 nitrogen and oxygen atoms in total. The summed E-state index contributed by atoms with van der Waals surface area (Å²) in [5.41, 5.74) is 2.31. The second-order valence-corrected chi connectivity index (χ2v) is 17.1. The van der Waals surface area contributed by atoms with Gasteiger partial charge in [-0.2, -0.15) is 9.40 Å². The number of esters is 1. The maximum absolute atomic E-state index is 13.7. The summed E-state index contributed by atoms with van der Waals surface area (Å²) in [6, 6.07) is 15.4. The van der Waals surface area contributed by atoms with Gasteiger partial charge in [0.1, 0.15) is 10.0 Å². The van der Waals surface area contributed by atoms with Crippen molar-refractivity contribution in [1.82, 2.24) is 19.0 Å². The Hall–Kier alpha value is -3.37. The van der Waals surface area contributed by atoms with Crippen LogP contribution >= 0.6 is 24.0 Å². The second-order valence-electron chi connectivity index (χ2n) is 11.3. The molecule has 2 aromatic carbocycles. The Balaban J connectivity index is 1.33. The number of thioether (sulfide) groups is 1. The summed E-state index contributed by atoms with van der Waals surface area (Å²) in [7, 11) is -7.11. The largest absolute Gasteiger partial charge is 0.466 e. The number of nitrogens with zero attached hydrogens (tertiary/aromatic N) is 4. The van der Waals surface area contributed by atoms with E-state index in [9.17, 15) is 26.4 Å². The van der Waals surface area contributed by atoms with Crippen molar-refractivity contribution in [1.29, 1.82) is 0 Å². The van der Waals surface area contributed by atoms with Crippen LogP contribution in [0.25, 0.3) is 23.0 Å². The Kier molecular flexibility index (Phi) is 9.22. The first-order valence-electron chi connectivity index (χ1n) is 14.9. The van der Waals surface area contributed by atoms with Crippen molar-refractivity contribution in [2.45, 2.75) is 37.1 Å². The van der Waals surface area contributed by atoms with E-state index in [2.05, 4.69) is 0 Å². The number of hydrogen-bond donors (Lipinski definition) is 0. The van der Waals surface area contributed by atoms with Gasteiger partial charge in [-0.25, -0.2) is 21.5 Å². The molecule has 0 radical (unpaired) electrons. The maximum atomic E-state index is 13.7. The number of para-hydroxylation sites is 1. The summed E-state index contributed by atoms with van der Waals surface area (Å²) < 4.78 is 60.1. The Bertz CT molecular complexity index is 1930. The minimum Gasteiger partial charge on any atom is -0.466 e. The zero-order valence-electron chi connectivity index (χ0n) is 24.9. The van der Waals surface area contributed by atoms with Gasteiger partial charge in [-0.15, -0.1) is 0 Å². The molecule has 3 aliphatic rings. The zero-order chi connectivity index (χ0) is 32.6. The van der Waals surface area contributed by atoms with Gasteiger partial charge in [-0.05, 0) is 56.5 Å². The van der Waals surface area contributed by atoms with Crippen LogP contribution in [0.4, 0.5) is 0 Å². The number of carbonyl (C=O) groups is 2. The summed E-state index contributed by atoms with van der Waals surface area (Å²) in [5.74, 6) is -1.09. The molecular weight excluding hydrogens is 669 g/mol. The number of sulfone groups is 1. The monoisotopic (exact) mass is 700 g/mol. The summed E-state index contributed by atoms with van der Waals surface area (Å²) in [6.45, 7) is 2.43. The minimum absolute atomic E-state index is 0.0183. The van der Waals surface area contributed by atoms with Crippen molar-refractivity contribution in [2.24, 2.45) is 5.92 Å². The molecule has 46 heavy (non-hydrogen) atoms. The highest BCUT2D eigenvalue weighted by atomic mass is 32.2. The van der Waals surface area contributed by atoms with Crippen molar-refractivity contribution in [2.75, 3.05) is 31.2 Å². The number of benzene rings is 2. The Morgan fingerprint density at radius 2 is 1.85 bits per heavy atom. The molecule has 1 unspecified atom stereocenters. The highest BCUT2D eigenvalue weighted by molar-refractivity contribution is 8.26. The number of amides is 1. The molecule has 1 amide bonds. The van der Waals surface area contributed by atoms with Crippen molar-refractivity contribution < 1.29 is 31.2 Å². The van der Waals surface area contributed by atoms with Gasteiger partial charge in [0, 0.05) is 30.4 Å². The molecule has 6 rings (SSSR count). The highest BCUT2D eigenvalue weighted by Crippen LogP contribution is 2.38. The summed E-state index contributed by atoms with van der Waals surface area (Å²) in [4.78, 5) is 27.5. The third-order valence-electron chi connectivity index (χ3n) is 8.27. The van der Waals surface area contributed by atoms with Gasteiger partial charge in [-0.1, -0.05) is 54.3 Å². The SMILES string of the molecule is CCOC(=O)C1CCN(S(=O)(=O)c2cccc(-c3nn(-c4ccccc4)cc3/C=C3\SC(=S)N(C4CCS(=O)(=O)C4)C3=O)c2)CC1. The quantitative estimate of drug-likeness (QED) is 0.194. The van der Waals surface area contributed by atoms with E-state index in [4.69, 9.17) is 22.1 Å². The molecule has 1 atom stereocenters. The van der Waals surface area contributed by atoms with E-state index >= 15 is 0 Å². The summed E-state index contributed by atoms with van der Waals surface area (Å²) >= 11 is 6.61. The lowest BCUT2D eigenvalue weighted by atomic mass is 9.98. The van der Waals surface area contributed by atoms with Crippen LogP contribution in [0.5, 0.6) is 0 Å². The number of ether oxygens (including phenoxy) is 1. The first-order chi connectivity index (χ1) is 22.0. The van der Waals surface area contributed by atoms with Gasteiger partial charge < -0.3 is 4.74 Å². The normalized spacial score (nSPS) is 21.7. The molecule has 15 heteroatoms. The van der Waals surface area contributed by atoms with Gasteiger partial charge in [0.05, 0.1) is 45.6 Å². The average Bonchev–Trinajstić information content (AvgIpc) is 3.71. The standard InChI is InChI=1S/C31H32N4O7S4/c1-2-42-30(37)21-11-14-33(15-12-21)46(40,41)26-10-6-7-22(17-26)28-23(19-34(32-28)24-8-4-3-5-9-24)18-27-29(36)35(31(43)44-27)25-13-16-45(38,39)20-25/h3-10,17-19,21,25H,2,11-16,20H2,1H3/b27-18-. The molecule has 3 fully saturated rings. The van der Waals surface area contributed by atoms with Crippen molar-refractivity contribution >= 4 is 66.1 Å². The number of piperidine rings is 1. The van der Waals surface area contributed by atoms with Crippen LogP contribution in [0.3, 0.4) is 0 Å². The predicted molar refractivity (Wildman–Crippen MR) is 179 cm³/mol. The zero-order valence-corrected chi connectivity index (χ0v) is 28.2. The Morgan fingerprint density at radius 1 is 1.11 bits per heavy atom. The van der Waals surface area contributed by atoms with Gasteiger partial charge in [0.25, 0.3) is 5.91 Å². The highest BCUT2D eigenvalue weighted by Gasteiger charge is 2.42. The van der Waals surface area contributed by atoms with E-state index in [1.807, 2.05) is 30.3 Å². The lowest BCUT2D eigenvalue weighted by Gasteiger charge is -2.30. The first kappa shape index (κ1) is 32.6. The van der Waals surface area contributed by atoms with Crippen molar-refractivity contribution in [3.05, 3.63) is 71.3 Å². The van der Waals surface area contributed by atoms with Crippen LogP contribution in [0.2, 0.25) is 0 Å². The topological polar surface area (TPSA) is 136 Å². The lowest BCUT2D eigenvalue weighted by molar-refractivity contribution is -0.149. The molecule has 242 valence electrons. The number of hydrogen-bond acceptors (Lipinski definition) is 10. The maximum Gasteiger partial charge on any atom is 0.309 e. The smallest absolute Gasteiger partial charge is 0.309 e. The molecule has 0 spiro atoms. The molecular formula is C31H32N4O7S4. The fourth-order valence-corrected chi connectivity index (χ4v) is 10.5. The number of thiocarbonyl (C=S) groups is 1. The molecule has 3 aromatic rings. The van der Waals surface area contributed by atoms with Crippen molar-refractivity contribution in [3.8, 4) is 16.9 Å². The lowest BCUT2D eigenvalue weighted by Crippen LogP contribution is -2.40. The molecule has 4 heterocycles. The van der Waals surface area contributed by atoms with Crippen LogP contribution < -0.4 is 0 Å². The number of carbonyl (C=O) groups excluding carboxylic acids is 2. The Morgan fingerprint density at radius 3 is 2.52 bits per heavy atom.